The molecule has 114 valence electrons. The summed E-state index contributed by atoms with van der Waals surface area (Å²) in [6.45, 7) is 7.01. The Balaban J connectivity index is 1.51. The molecule has 2 N–H and O–H groups in total. The average molecular weight is 281 g/mol. The van der Waals surface area contributed by atoms with Crippen molar-refractivity contribution in [3.63, 3.8) is 0 Å². The normalized spacial score (nSPS) is 21.4. The second kappa shape index (κ2) is 5.72. The summed E-state index contributed by atoms with van der Waals surface area (Å²) < 4.78 is 0. The lowest BCUT2D eigenvalue weighted by molar-refractivity contribution is -0.126. The van der Waals surface area contributed by atoms with Gasteiger partial charge in [-0.25, -0.2) is 0 Å². The van der Waals surface area contributed by atoms with Crippen molar-refractivity contribution in [3.05, 3.63) is 0 Å². The van der Waals surface area contributed by atoms with Crippen molar-refractivity contribution in [2.45, 2.75) is 39.5 Å². The number of amides is 2. The number of hydrogen-bond donors (Lipinski definition) is 2. The molecule has 0 saturated heterocycles. The molecule has 0 aliphatic heterocycles. The summed E-state index contributed by atoms with van der Waals surface area (Å²) in [7, 11) is 2.01. The second-order valence-corrected chi connectivity index (χ2v) is 6.94. The molecule has 0 atom stereocenters. The third-order valence-electron chi connectivity index (χ3n) is 4.65. The van der Waals surface area contributed by atoms with E-state index in [0.717, 1.165) is 38.8 Å². The summed E-state index contributed by atoms with van der Waals surface area (Å²) in [5.74, 6) is 0.363. The number of hydrogen-bond acceptors (Lipinski definition) is 3. The quantitative estimate of drug-likeness (QED) is 0.690. The van der Waals surface area contributed by atoms with E-state index in [2.05, 4.69) is 15.5 Å². The zero-order valence-corrected chi connectivity index (χ0v) is 12.9. The molecule has 20 heavy (non-hydrogen) atoms. The van der Waals surface area contributed by atoms with Crippen LogP contribution in [0.2, 0.25) is 0 Å². The highest BCUT2D eigenvalue weighted by Crippen LogP contribution is 2.45. The number of nitrogens with one attached hydrogen (secondary N) is 2. The first-order chi connectivity index (χ1) is 9.36. The van der Waals surface area contributed by atoms with E-state index in [1.54, 1.807) is 0 Å². The zero-order chi connectivity index (χ0) is 14.8. The van der Waals surface area contributed by atoms with Gasteiger partial charge in [-0.05, 0) is 32.7 Å². The summed E-state index contributed by atoms with van der Waals surface area (Å²) in [4.78, 5) is 25.6. The van der Waals surface area contributed by atoms with Crippen molar-refractivity contribution < 1.29 is 9.59 Å². The third-order valence-corrected chi connectivity index (χ3v) is 4.65. The molecule has 2 amide bonds. The molecule has 2 saturated carbocycles. The highest BCUT2D eigenvalue weighted by Gasteiger charge is 2.45. The van der Waals surface area contributed by atoms with Gasteiger partial charge in [-0.3, -0.25) is 9.59 Å². The summed E-state index contributed by atoms with van der Waals surface area (Å²) in [6.07, 6.45) is 4.05. The summed E-state index contributed by atoms with van der Waals surface area (Å²) >= 11 is 0. The Morgan fingerprint density at radius 1 is 0.900 bits per heavy atom. The molecule has 2 aliphatic carbocycles. The zero-order valence-electron chi connectivity index (χ0n) is 12.9. The molecule has 0 spiro atoms. The smallest absolute Gasteiger partial charge is 0.225 e. The number of carbonyl (C=O) groups excluding carboxylic acids is 2. The van der Waals surface area contributed by atoms with Crippen LogP contribution < -0.4 is 10.6 Å². The van der Waals surface area contributed by atoms with Gasteiger partial charge in [0.25, 0.3) is 0 Å². The van der Waals surface area contributed by atoms with Crippen molar-refractivity contribution in [1.82, 2.24) is 15.5 Å². The van der Waals surface area contributed by atoms with Gasteiger partial charge in [0.05, 0.1) is 0 Å². The van der Waals surface area contributed by atoms with E-state index in [1.807, 2.05) is 20.9 Å². The molecule has 0 radical (unpaired) electrons. The van der Waals surface area contributed by atoms with Crippen molar-refractivity contribution in [2.24, 2.45) is 10.8 Å². The Morgan fingerprint density at radius 2 is 1.25 bits per heavy atom. The first-order valence-electron chi connectivity index (χ1n) is 7.61. The van der Waals surface area contributed by atoms with Gasteiger partial charge in [0.1, 0.15) is 0 Å². The van der Waals surface area contributed by atoms with E-state index in [9.17, 15) is 9.59 Å². The molecule has 0 heterocycles. The predicted octanol–water partition coefficient (Wildman–Crippen LogP) is 0.751. The lowest BCUT2D eigenvalue weighted by atomic mass is 10.1. The van der Waals surface area contributed by atoms with Crippen LogP contribution in [0.1, 0.15) is 39.5 Å². The minimum atomic E-state index is -0.0910. The van der Waals surface area contributed by atoms with E-state index in [0.29, 0.717) is 13.1 Å². The van der Waals surface area contributed by atoms with E-state index in [-0.39, 0.29) is 22.6 Å². The van der Waals surface area contributed by atoms with Gasteiger partial charge in [0.15, 0.2) is 0 Å². The van der Waals surface area contributed by atoms with Crippen LogP contribution in [0.3, 0.4) is 0 Å². The average Bonchev–Trinajstić information content (AvgIpc) is 3.29. The van der Waals surface area contributed by atoms with Crippen LogP contribution in [0.4, 0.5) is 0 Å². The SMILES string of the molecule is CN(CCNC(=O)C1(C)CC1)CCNC(=O)C1(C)CC1. The van der Waals surface area contributed by atoms with Crippen LogP contribution >= 0.6 is 0 Å². The number of rotatable bonds is 8. The van der Waals surface area contributed by atoms with Gasteiger partial charge < -0.3 is 15.5 Å². The highest BCUT2D eigenvalue weighted by molar-refractivity contribution is 5.85. The van der Waals surface area contributed by atoms with Gasteiger partial charge >= 0.3 is 0 Å². The lowest BCUT2D eigenvalue weighted by Gasteiger charge is -2.19. The topological polar surface area (TPSA) is 61.4 Å². The molecule has 5 nitrogen and oxygen atoms in total. The van der Waals surface area contributed by atoms with Crippen molar-refractivity contribution in [2.75, 3.05) is 33.2 Å². The molecule has 0 aromatic heterocycles. The van der Waals surface area contributed by atoms with Crippen LogP contribution in [0.25, 0.3) is 0 Å². The van der Waals surface area contributed by atoms with Gasteiger partial charge in [-0.2, -0.15) is 0 Å². The largest absolute Gasteiger partial charge is 0.354 e. The Morgan fingerprint density at radius 3 is 1.55 bits per heavy atom. The molecule has 0 bridgehead atoms. The summed E-state index contributed by atoms with van der Waals surface area (Å²) in [5, 5.41) is 5.96. The molecule has 2 aliphatic rings. The van der Waals surface area contributed by atoms with Crippen LogP contribution in [-0.2, 0) is 9.59 Å². The highest BCUT2D eigenvalue weighted by atomic mass is 16.2. The van der Waals surface area contributed by atoms with Crippen molar-refractivity contribution >= 4 is 11.8 Å². The molecule has 2 fully saturated rings. The van der Waals surface area contributed by atoms with Crippen LogP contribution in [0.5, 0.6) is 0 Å². The first kappa shape index (κ1) is 15.3. The van der Waals surface area contributed by atoms with Crippen molar-refractivity contribution in [1.29, 1.82) is 0 Å². The van der Waals surface area contributed by atoms with Crippen LogP contribution in [0, 0.1) is 10.8 Å². The van der Waals surface area contributed by atoms with E-state index in [1.165, 1.54) is 0 Å². The predicted molar refractivity (Wildman–Crippen MR) is 78.2 cm³/mol. The fourth-order valence-corrected chi connectivity index (χ4v) is 2.09. The minimum Gasteiger partial charge on any atom is -0.354 e. The summed E-state index contributed by atoms with van der Waals surface area (Å²) in [6, 6.07) is 0. The van der Waals surface area contributed by atoms with Gasteiger partial charge in [0, 0.05) is 37.0 Å². The number of carbonyl (C=O) groups is 2. The van der Waals surface area contributed by atoms with Gasteiger partial charge in [-0.15, -0.1) is 0 Å². The Kier molecular flexibility index (Phi) is 4.37. The Hall–Kier alpha value is -1.10. The maximum Gasteiger partial charge on any atom is 0.225 e. The molecule has 0 aromatic carbocycles. The maximum absolute atomic E-state index is 11.7. The fraction of sp³-hybridized carbons (Fsp3) is 0.867. The van der Waals surface area contributed by atoms with Crippen molar-refractivity contribution in [3.8, 4) is 0 Å². The maximum atomic E-state index is 11.7. The first-order valence-corrected chi connectivity index (χ1v) is 7.61. The van der Waals surface area contributed by atoms with E-state index < -0.39 is 0 Å². The molecule has 2 rings (SSSR count). The number of nitrogens with zero attached hydrogens (tertiary/aromatic N) is 1. The molecular weight excluding hydrogens is 254 g/mol. The number of likely N-dealkylation sites (N-methyl/N-ethyl adjacent to an activating group) is 1. The Labute approximate surface area is 121 Å². The molecule has 0 unspecified atom stereocenters. The fourth-order valence-electron chi connectivity index (χ4n) is 2.09. The van der Waals surface area contributed by atoms with E-state index in [4.69, 9.17) is 0 Å². The molecule has 0 aromatic rings. The molecule has 5 heteroatoms. The minimum absolute atomic E-state index is 0.0910. The van der Waals surface area contributed by atoms with Gasteiger partial charge in [0.2, 0.25) is 11.8 Å². The second-order valence-electron chi connectivity index (χ2n) is 6.94. The Bertz CT molecular complexity index is 351. The van der Waals surface area contributed by atoms with Crippen LogP contribution in [-0.4, -0.2) is 49.9 Å². The lowest BCUT2D eigenvalue weighted by Crippen LogP contribution is -2.40. The van der Waals surface area contributed by atoms with Crippen LogP contribution in [0.15, 0.2) is 0 Å². The summed E-state index contributed by atoms with van der Waals surface area (Å²) in [5.41, 5.74) is -0.182. The standard InChI is InChI=1S/C15H27N3O2/c1-14(4-5-14)12(19)16-8-10-18(3)11-9-17-13(20)15(2)6-7-15/h4-11H2,1-3H3,(H,16,19)(H,17,20). The monoisotopic (exact) mass is 281 g/mol. The van der Waals surface area contributed by atoms with E-state index >= 15 is 0 Å². The third kappa shape index (κ3) is 3.95. The molecular formula is C15H27N3O2. The van der Waals surface area contributed by atoms with Gasteiger partial charge in [-0.1, -0.05) is 13.8 Å².